The molecule has 1 fully saturated rings. The van der Waals surface area contributed by atoms with Gasteiger partial charge in [0.1, 0.15) is 0 Å². The molecule has 0 bridgehead atoms. The predicted molar refractivity (Wildman–Crippen MR) is 64.3 cm³/mol. The first-order chi connectivity index (χ1) is 8.06. The highest BCUT2D eigenvalue weighted by Gasteiger charge is 2.26. The average Bonchev–Trinajstić information content (AvgIpc) is 2.69. The Labute approximate surface area is 108 Å². The number of halogens is 2. The van der Waals surface area contributed by atoms with Crippen LogP contribution in [0.5, 0.6) is 0 Å². The van der Waals surface area contributed by atoms with E-state index in [2.05, 4.69) is 20.5 Å². The molecule has 2 rings (SSSR count). The van der Waals surface area contributed by atoms with Crippen LogP contribution in [0.4, 0.5) is 5.82 Å². The number of rotatable bonds is 2. The van der Waals surface area contributed by atoms with Gasteiger partial charge in [-0.1, -0.05) is 11.6 Å². The molecule has 0 radical (unpaired) electrons. The van der Waals surface area contributed by atoms with Crippen molar-refractivity contribution in [3.63, 3.8) is 0 Å². The Bertz CT molecular complexity index is 441. The van der Waals surface area contributed by atoms with Gasteiger partial charge in [0.2, 0.25) is 11.2 Å². The van der Waals surface area contributed by atoms with Crippen LogP contribution in [0.3, 0.4) is 0 Å². The fraction of sp³-hybridized carbons (Fsp3) is 0.556. The maximum Gasteiger partial charge on any atom is 0.245 e. The number of hydrogen-bond donors (Lipinski definition) is 1. The molecule has 8 heteroatoms. The number of anilines is 1. The second-order valence-corrected chi connectivity index (χ2v) is 4.52. The van der Waals surface area contributed by atoms with Crippen LogP contribution in [0.1, 0.15) is 13.3 Å². The van der Waals surface area contributed by atoms with Crippen molar-refractivity contribution in [3.8, 4) is 0 Å². The molecule has 6 nitrogen and oxygen atoms in total. The van der Waals surface area contributed by atoms with Crippen LogP contribution in [-0.2, 0) is 4.79 Å². The van der Waals surface area contributed by atoms with E-state index in [1.165, 1.54) is 6.92 Å². The second kappa shape index (κ2) is 5.01. The van der Waals surface area contributed by atoms with Gasteiger partial charge in [0.25, 0.3) is 0 Å². The van der Waals surface area contributed by atoms with Crippen molar-refractivity contribution in [2.75, 3.05) is 18.0 Å². The summed E-state index contributed by atoms with van der Waals surface area (Å²) >= 11 is 11.6. The van der Waals surface area contributed by atoms with Gasteiger partial charge >= 0.3 is 0 Å². The molecule has 0 saturated carbocycles. The van der Waals surface area contributed by atoms with Crippen LogP contribution in [0, 0.1) is 0 Å². The first-order valence-electron chi connectivity index (χ1n) is 5.14. The van der Waals surface area contributed by atoms with Gasteiger partial charge in [0, 0.05) is 26.1 Å². The van der Waals surface area contributed by atoms with Crippen LogP contribution < -0.4 is 10.2 Å². The fourth-order valence-corrected chi connectivity index (χ4v) is 2.16. The molecule has 1 aromatic heterocycles. The SMILES string of the molecule is CC(=O)NC1CCN(c2nc(Cl)nnc2Cl)C1. The third-order valence-electron chi connectivity index (χ3n) is 2.50. The van der Waals surface area contributed by atoms with Crippen LogP contribution in [0.15, 0.2) is 0 Å². The molecule has 92 valence electrons. The summed E-state index contributed by atoms with van der Waals surface area (Å²) < 4.78 is 0. The topological polar surface area (TPSA) is 71.0 Å². The number of nitrogens with zero attached hydrogens (tertiary/aromatic N) is 4. The molecule has 1 atom stereocenters. The van der Waals surface area contributed by atoms with Crippen molar-refractivity contribution < 1.29 is 4.79 Å². The second-order valence-electron chi connectivity index (χ2n) is 3.83. The average molecular weight is 276 g/mol. The van der Waals surface area contributed by atoms with Crippen LogP contribution in [0.2, 0.25) is 10.4 Å². The zero-order valence-electron chi connectivity index (χ0n) is 9.15. The fourth-order valence-electron chi connectivity index (χ4n) is 1.84. The Hall–Kier alpha value is -1.14. The Morgan fingerprint density at radius 2 is 2.24 bits per heavy atom. The Balaban J connectivity index is 2.09. The minimum Gasteiger partial charge on any atom is -0.352 e. The lowest BCUT2D eigenvalue weighted by Crippen LogP contribution is -2.35. The van der Waals surface area contributed by atoms with E-state index in [0.717, 1.165) is 13.0 Å². The lowest BCUT2D eigenvalue weighted by Gasteiger charge is -2.17. The number of hydrogen-bond acceptors (Lipinski definition) is 5. The van der Waals surface area contributed by atoms with E-state index in [1.54, 1.807) is 0 Å². The molecular weight excluding hydrogens is 265 g/mol. The van der Waals surface area contributed by atoms with Gasteiger partial charge in [-0.05, 0) is 18.0 Å². The van der Waals surface area contributed by atoms with Crippen LogP contribution in [-0.4, -0.2) is 40.2 Å². The minimum absolute atomic E-state index is 0.0400. The molecule has 1 saturated heterocycles. The molecule has 1 N–H and O–H groups in total. The summed E-state index contributed by atoms with van der Waals surface area (Å²) in [5.74, 6) is 0.473. The summed E-state index contributed by atoms with van der Waals surface area (Å²) in [6, 6.07) is 0.109. The normalized spacial score (nSPS) is 19.5. The van der Waals surface area contributed by atoms with E-state index >= 15 is 0 Å². The smallest absolute Gasteiger partial charge is 0.245 e. The number of carbonyl (C=O) groups excluding carboxylic acids is 1. The molecule has 2 heterocycles. The van der Waals surface area contributed by atoms with Gasteiger partial charge in [-0.2, -0.15) is 4.98 Å². The van der Waals surface area contributed by atoms with Gasteiger partial charge in [-0.3, -0.25) is 4.79 Å². The summed E-state index contributed by atoms with van der Waals surface area (Å²) in [5.41, 5.74) is 0. The number of carbonyl (C=O) groups is 1. The van der Waals surface area contributed by atoms with Gasteiger partial charge in [0.15, 0.2) is 11.0 Å². The summed E-state index contributed by atoms with van der Waals surface area (Å²) in [7, 11) is 0. The molecule has 1 unspecified atom stereocenters. The lowest BCUT2D eigenvalue weighted by atomic mass is 10.3. The van der Waals surface area contributed by atoms with Crippen molar-refractivity contribution in [2.45, 2.75) is 19.4 Å². The van der Waals surface area contributed by atoms with Gasteiger partial charge in [-0.15, -0.1) is 10.2 Å². The van der Waals surface area contributed by atoms with E-state index in [9.17, 15) is 4.79 Å². The third-order valence-corrected chi connectivity index (χ3v) is 2.90. The lowest BCUT2D eigenvalue weighted by molar-refractivity contribution is -0.119. The Kier molecular flexibility index (Phi) is 3.63. The molecule has 0 spiro atoms. The Morgan fingerprint density at radius 3 is 2.94 bits per heavy atom. The van der Waals surface area contributed by atoms with E-state index in [-0.39, 0.29) is 22.4 Å². The highest BCUT2D eigenvalue weighted by molar-refractivity contribution is 6.32. The molecule has 1 aromatic rings. The van der Waals surface area contributed by atoms with E-state index in [0.29, 0.717) is 12.4 Å². The van der Waals surface area contributed by atoms with Gasteiger partial charge in [-0.25, -0.2) is 0 Å². The van der Waals surface area contributed by atoms with Crippen molar-refractivity contribution >= 4 is 34.9 Å². The van der Waals surface area contributed by atoms with Gasteiger partial charge in [0.05, 0.1) is 0 Å². The number of nitrogens with one attached hydrogen (secondary N) is 1. The molecule has 0 aromatic carbocycles. The molecule has 1 aliphatic rings. The zero-order chi connectivity index (χ0) is 12.4. The largest absolute Gasteiger partial charge is 0.352 e. The minimum atomic E-state index is -0.0400. The maximum absolute atomic E-state index is 10.9. The van der Waals surface area contributed by atoms with E-state index in [1.807, 2.05) is 4.90 Å². The summed E-state index contributed by atoms with van der Waals surface area (Å²) in [4.78, 5) is 16.9. The predicted octanol–water partition coefficient (Wildman–Crippen LogP) is 0.893. The van der Waals surface area contributed by atoms with Crippen molar-refractivity contribution in [1.29, 1.82) is 0 Å². The molecule has 1 aliphatic heterocycles. The first kappa shape index (κ1) is 12.3. The van der Waals surface area contributed by atoms with Crippen LogP contribution >= 0.6 is 23.2 Å². The monoisotopic (exact) mass is 275 g/mol. The van der Waals surface area contributed by atoms with Crippen molar-refractivity contribution in [1.82, 2.24) is 20.5 Å². The molecule has 0 aliphatic carbocycles. The number of aromatic nitrogens is 3. The van der Waals surface area contributed by atoms with E-state index in [4.69, 9.17) is 23.2 Å². The summed E-state index contributed by atoms with van der Waals surface area (Å²) in [6.45, 7) is 2.90. The quantitative estimate of drug-likeness (QED) is 0.868. The van der Waals surface area contributed by atoms with Crippen molar-refractivity contribution in [2.24, 2.45) is 0 Å². The van der Waals surface area contributed by atoms with Gasteiger partial charge < -0.3 is 10.2 Å². The summed E-state index contributed by atoms with van der Waals surface area (Å²) in [5, 5.41) is 10.4. The molecule has 17 heavy (non-hydrogen) atoms. The molecule has 1 amide bonds. The zero-order valence-corrected chi connectivity index (χ0v) is 10.7. The third kappa shape index (κ3) is 2.95. The Morgan fingerprint density at radius 1 is 1.47 bits per heavy atom. The highest BCUT2D eigenvalue weighted by Crippen LogP contribution is 2.25. The molecular formula is C9H11Cl2N5O. The summed E-state index contributed by atoms with van der Waals surface area (Å²) in [6.07, 6.45) is 0.845. The van der Waals surface area contributed by atoms with E-state index < -0.39 is 0 Å². The maximum atomic E-state index is 10.9. The first-order valence-corrected chi connectivity index (χ1v) is 5.89. The van der Waals surface area contributed by atoms with Crippen molar-refractivity contribution in [3.05, 3.63) is 10.4 Å². The van der Waals surface area contributed by atoms with Crippen LogP contribution in [0.25, 0.3) is 0 Å². The highest BCUT2D eigenvalue weighted by atomic mass is 35.5. The number of amides is 1. The standard InChI is InChI=1S/C9H11Cl2N5O/c1-5(17)12-6-2-3-16(4-6)8-7(10)14-15-9(11)13-8/h6H,2-4H2,1H3,(H,12,17).